The first kappa shape index (κ1) is 10.6. The molecule has 2 aromatic rings. The molecule has 5 nitrogen and oxygen atoms in total. The first-order chi connectivity index (χ1) is 7.58. The van der Waals surface area contributed by atoms with Crippen LogP contribution in [0, 0.1) is 13.8 Å². The Morgan fingerprint density at radius 3 is 2.62 bits per heavy atom. The van der Waals surface area contributed by atoms with Crippen molar-refractivity contribution in [2.75, 3.05) is 0 Å². The van der Waals surface area contributed by atoms with E-state index in [2.05, 4.69) is 10.2 Å². The number of nitrogens with zero attached hydrogens (tertiary/aromatic N) is 4. The zero-order chi connectivity index (χ0) is 11.7. The molecule has 0 fully saturated rings. The van der Waals surface area contributed by atoms with E-state index in [1.54, 1.807) is 16.8 Å². The smallest absolute Gasteiger partial charge is 0.251 e. The SMILES string of the molecule is Cc1ccn(Cc2nnc(C)n2C)c(=O)c1. The fraction of sp³-hybridized carbons (Fsp3) is 0.364. The van der Waals surface area contributed by atoms with E-state index < -0.39 is 0 Å². The summed E-state index contributed by atoms with van der Waals surface area (Å²) in [6.07, 6.45) is 1.78. The molecule has 0 atom stereocenters. The molecule has 0 unspecified atom stereocenters. The summed E-state index contributed by atoms with van der Waals surface area (Å²) < 4.78 is 3.50. The summed E-state index contributed by atoms with van der Waals surface area (Å²) >= 11 is 0. The van der Waals surface area contributed by atoms with Crippen molar-refractivity contribution in [3.05, 3.63) is 45.9 Å². The highest BCUT2D eigenvalue weighted by molar-refractivity contribution is 5.09. The second-order valence-electron chi connectivity index (χ2n) is 3.89. The Balaban J connectivity index is 2.34. The zero-order valence-electron chi connectivity index (χ0n) is 9.64. The number of aryl methyl sites for hydroxylation is 2. The topological polar surface area (TPSA) is 52.7 Å². The summed E-state index contributed by atoms with van der Waals surface area (Å²) in [5.41, 5.74) is 0.955. The highest BCUT2D eigenvalue weighted by Gasteiger charge is 2.06. The van der Waals surface area contributed by atoms with Crippen LogP contribution in [0.15, 0.2) is 23.1 Å². The van der Waals surface area contributed by atoms with Crippen molar-refractivity contribution in [2.45, 2.75) is 20.4 Å². The molecule has 2 aromatic heterocycles. The lowest BCUT2D eigenvalue weighted by Crippen LogP contribution is -2.21. The molecule has 2 heterocycles. The van der Waals surface area contributed by atoms with Crippen LogP contribution in [-0.2, 0) is 13.6 Å². The molecular weight excluding hydrogens is 204 g/mol. The van der Waals surface area contributed by atoms with Gasteiger partial charge in [0, 0.05) is 19.3 Å². The Hall–Kier alpha value is -1.91. The van der Waals surface area contributed by atoms with Gasteiger partial charge < -0.3 is 9.13 Å². The van der Waals surface area contributed by atoms with Gasteiger partial charge in [-0.3, -0.25) is 4.79 Å². The molecule has 0 aromatic carbocycles. The molecule has 0 bridgehead atoms. The summed E-state index contributed by atoms with van der Waals surface area (Å²) in [5, 5.41) is 7.98. The van der Waals surface area contributed by atoms with Gasteiger partial charge >= 0.3 is 0 Å². The van der Waals surface area contributed by atoms with Gasteiger partial charge in [-0.05, 0) is 25.5 Å². The first-order valence-corrected chi connectivity index (χ1v) is 5.10. The van der Waals surface area contributed by atoms with E-state index in [0.717, 1.165) is 17.2 Å². The molecule has 0 saturated heterocycles. The van der Waals surface area contributed by atoms with Crippen LogP contribution in [0.4, 0.5) is 0 Å². The van der Waals surface area contributed by atoms with Crippen LogP contribution in [0.2, 0.25) is 0 Å². The Morgan fingerprint density at radius 1 is 1.31 bits per heavy atom. The van der Waals surface area contributed by atoms with Gasteiger partial charge in [-0.2, -0.15) is 0 Å². The number of hydrogen-bond acceptors (Lipinski definition) is 3. The Bertz CT molecular complexity index is 568. The minimum absolute atomic E-state index is 0.0133. The predicted octanol–water partition coefficient (Wildman–Crippen LogP) is 0.642. The molecule has 0 aliphatic carbocycles. The molecule has 0 radical (unpaired) electrons. The fourth-order valence-electron chi connectivity index (χ4n) is 1.48. The standard InChI is InChI=1S/C11H14N4O/c1-8-4-5-15(11(16)6-8)7-10-13-12-9(2)14(10)3/h4-6H,7H2,1-3H3. The third kappa shape index (κ3) is 1.88. The minimum atomic E-state index is -0.0133. The van der Waals surface area contributed by atoms with Gasteiger partial charge in [0.2, 0.25) is 0 Å². The van der Waals surface area contributed by atoms with Gasteiger partial charge in [0.15, 0.2) is 5.82 Å². The second kappa shape index (κ2) is 3.92. The lowest BCUT2D eigenvalue weighted by atomic mass is 10.3. The van der Waals surface area contributed by atoms with Gasteiger partial charge in [0.25, 0.3) is 5.56 Å². The normalized spacial score (nSPS) is 10.7. The lowest BCUT2D eigenvalue weighted by Gasteiger charge is -2.05. The average molecular weight is 218 g/mol. The van der Waals surface area contributed by atoms with E-state index in [9.17, 15) is 4.79 Å². The molecule has 0 aliphatic rings. The molecule has 84 valence electrons. The van der Waals surface area contributed by atoms with E-state index in [-0.39, 0.29) is 5.56 Å². The van der Waals surface area contributed by atoms with Gasteiger partial charge in [0.1, 0.15) is 5.82 Å². The Labute approximate surface area is 93.4 Å². The second-order valence-corrected chi connectivity index (χ2v) is 3.89. The third-order valence-electron chi connectivity index (χ3n) is 2.65. The summed E-state index contributed by atoms with van der Waals surface area (Å²) in [5.74, 6) is 1.62. The number of aromatic nitrogens is 4. The predicted molar refractivity (Wildman–Crippen MR) is 60.3 cm³/mol. The van der Waals surface area contributed by atoms with Crippen LogP contribution in [-0.4, -0.2) is 19.3 Å². The van der Waals surface area contributed by atoms with Gasteiger partial charge in [-0.25, -0.2) is 0 Å². The maximum Gasteiger partial charge on any atom is 0.251 e. The van der Waals surface area contributed by atoms with Crippen LogP contribution in [0.5, 0.6) is 0 Å². The zero-order valence-corrected chi connectivity index (χ0v) is 9.64. The quantitative estimate of drug-likeness (QED) is 0.743. The lowest BCUT2D eigenvalue weighted by molar-refractivity contribution is 0.671. The van der Waals surface area contributed by atoms with E-state index in [0.29, 0.717) is 6.54 Å². The maximum absolute atomic E-state index is 11.7. The van der Waals surface area contributed by atoms with Crippen molar-refractivity contribution in [1.82, 2.24) is 19.3 Å². The summed E-state index contributed by atoms with van der Waals surface area (Å²) in [6, 6.07) is 3.52. The average Bonchev–Trinajstić information content (AvgIpc) is 2.54. The van der Waals surface area contributed by atoms with Crippen molar-refractivity contribution < 1.29 is 0 Å². The Kier molecular flexibility index (Phi) is 2.60. The first-order valence-electron chi connectivity index (χ1n) is 5.10. The minimum Gasteiger partial charge on any atom is -0.317 e. The van der Waals surface area contributed by atoms with Gasteiger partial charge in [-0.1, -0.05) is 0 Å². The highest BCUT2D eigenvalue weighted by atomic mass is 16.1. The summed E-state index contributed by atoms with van der Waals surface area (Å²) in [7, 11) is 1.89. The fourth-order valence-corrected chi connectivity index (χ4v) is 1.48. The van der Waals surface area contributed by atoms with Gasteiger partial charge in [-0.15, -0.1) is 10.2 Å². The van der Waals surface area contributed by atoms with E-state index in [1.807, 2.05) is 31.5 Å². The van der Waals surface area contributed by atoms with Crippen molar-refractivity contribution in [2.24, 2.45) is 7.05 Å². The van der Waals surface area contributed by atoms with Crippen molar-refractivity contribution >= 4 is 0 Å². The molecule has 0 amide bonds. The highest BCUT2D eigenvalue weighted by Crippen LogP contribution is 2.00. The number of hydrogen-bond donors (Lipinski definition) is 0. The number of pyridine rings is 1. The number of rotatable bonds is 2. The molecule has 0 aliphatic heterocycles. The monoisotopic (exact) mass is 218 g/mol. The van der Waals surface area contributed by atoms with Crippen molar-refractivity contribution in [3.63, 3.8) is 0 Å². The molecule has 0 saturated carbocycles. The molecule has 0 N–H and O–H groups in total. The van der Waals surface area contributed by atoms with Crippen molar-refractivity contribution in [3.8, 4) is 0 Å². The van der Waals surface area contributed by atoms with Crippen LogP contribution in [0.3, 0.4) is 0 Å². The summed E-state index contributed by atoms with van der Waals surface area (Å²) in [4.78, 5) is 11.7. The molecule has 5 heteroatoms. The van der Waals surface area contributed by atoms with Crippen LogP contribution in [0.1, 0.15) is 17.2 Å². The summed E-state index contributed by atoms with van der Waals surface area (Å²) in [6.45, 7) is 4.24. The Morgan fingerprint density at radius 2 is 2.06 bits per heavy atom. The molecule has 16 heavy (non-hydrogen) atoms. The van der Waals surface area contributed by atoms with Crippen LogP contribution in [0.25, 0.3) is 0 Å². The largest absolute Gasteiger partial charge is 0.317 e. The maximum atomic E-state index is 11.7. The van der Waals surface area contributed by atoms with Crippen molar-refractivity contribution in [1.29, 1.82) is 0 Å². The van der Waals surface area contributed by atoms with Gasteiger partial charge in [0.05, 0.1) is 6.54 Å². The molecule has 2 rings (SSSR count). The van der Waals surface area contributed by atoms with Crippen LogP contribution < -0.4 is 5.56 Å². The van der Waals surface area contributed by atoms with Crippen LogP contribution >= 0.6 is 0 Å². The molecular formula is C11H14N4O. The van der Waals surface area contributed by atoms with E-state index >= 15 is 0 Å². The van der Waals surface area contributed by atoms with E-state index in [4.69, 9.17) is 0 Å². The molecule has 0 spiro atoms. The third-order valence-corrected chi connectivity index (χ3v) is 2.65. The van der Waals surface area contributed by atoms with E-state index in [1.165, 1.54) is 0 Å².